The number of allylic oxidation sites excluding steroid dienone is 14. The number of pyridine rings is 2. The van der Waals surface area contributed by atoms with E-state index in [1.165, 1.54) is 86.5 Å². The number of aryl methyl sites for hydroxylation is 1. The predicted octanol–water partition coefficient (Wildman–Crippen LogP) is 11.3. The fraction of sp³-hybridized carbons (Fsp3) is 0.370. The highest BCUT2D eigenvalue weighted by Gasteiger charge is 2.08. The predicted molar refractivity (Wildman–Crippen MR) is 263 cm³/mol. The Morgan fingerprint density at radius 2 is 0.906 bits per heavy atom. The van der Waals surface area contributed by atoms with Crippen molar-refractivity contribution in [1.82, 2.24) is 15.2 Å². The molecule has 10 heteroatoms. The van der Waals surface area contributed by atoms with Crippen molar-refractivity contribution in [1.29, 1.82) is 0 Å². The zero-order valence-corrected chi connectivity index (χ0v) is 37.4. The van der Waals surface area contributed by atoms with Gasteiger partial charge < -0.3 is 10.2 Å². The van der Waals surface area contributed by atoms with Crippen molar-refractivity contribution in [2.75, 3.05) is 6.54 Å². The van der Waals surface area contributed by atoms with Gasteiger partial charge in [-0.3, -0.25) is 14.6 Å². The van der Waals surface area contributed by atoms with Gasteiger partial charge in [0.25, 0.3) is 0 Å². The smallest absolute Gasteiger partial charge is 0.246 e. The van der Waals surface area contributed by atoms with Crippen molar-refractivity contribution in [3.05, 3.63) is 158 Å². The number of aliphatic imine (C=N–C) groups is 2. The summed E-state index contributed by atoms with van der Waals surface area (Å²) in [5.41, 5.74) is 7.46. The van der Waals surface area contributed by atoms with Gasteiger partial charge in [-0.2, -0.15) is 10.2 Å². The summed E-state index contributed by atoms with van der Waals surface area (Å²) in [6.07, 6.45) is 58.6. The molecule has 10 nitrogen and oxygen atoms in total. The highest BCUT2D eigenvalue weighted by Crippen LogP contribution is 2.19. The average molecular weight is 858 g/mol. The van der Waals surface area contributed by atoms with Crippen LogP contribution in [0.4, 0.5) is 0 Å². The summed E-state index contributed by atoms with van der Waals surface area (Å²) >= 11 is 0. The molecule has 0 saturated carbocycles. The number of unbranched alkanes of at least 4 members (excludes halogenated alkanes) is 14. The number of rotatable bonds is 24. The molecule has 4 aliphatic rings. The molecule has 2 aliphatic carbocycles. The third-order valence-corrected chi connectivity index (χ3v) is 11.4. The SMILES string of the molecule is O=C(CCCCCCCCCCN1C=CC(=C2C=CNC=C2)C=C1)N=C1C=CC(=NN=C2C=CC(=NC(=O)CCCCCCCCCC[n+]3ccc(-c4ccncc4)cc3)C=C2)C=C1. The van der Waals surface area contributed by atoms with Gasteiger partial charge in [0.2, 0.25) is 11.8 Å². The number of carbonyl (C=O) groups excluding carboxylic acids is 2. The Labute approximate surface area is 380 Å². The number of amides is 2. The Balaban J connectivity index is 0.737. The summed E-state index contributed by atoms with van der Waals surface area (Å²) in [6, 6.07) is 8.41. The van der Waals surface area contributed by atoms with Crippen LogP contribution in [-0.2, 0) is 16.1 Å². The van der Waals surface area contributed by atoms with Crippen molar-refractivity contribution in [2.24, 2.45) is 20.2 Å². The number of carbonyl (C=O) groups is 2. The normalized spacial score (nSPS) is 15.0. The molecule has 1 N–H and O–H groups in total. The topological polar surface area (TPSA) is 116 Å². The number of hydrogen-bond donors (Lipinski definition) is 1. The van der Waals surface area contributed by atoms with Crippen LogP contribution in [0.2, 0.25) is 0 Å². The van der Waals surface area contributed by atoms with Crippen LogP contribution in [0.25, 0.3) is 11.1 Å². The molecular formula is C54H65N8O2+. The zero-order chi connectivity index (χ0) is 44.3. The number of nitrogens with zero attached hydrogens (tertiary/aromatic N) is 7. The maximum Gasteiger partial charge on any atom is 0.246 e. The third kappa shape index (κ3) is 17.8. The van der Waals surface area contributed by atoms with Crippen molar-refractivity contribution in [3.63, 3.8) is 0 Å². The quantitative estimate of drug-likeness (QED) is 0.0488. The first-order chi connectivity index (χ1) is 31.6. The van der Waals surface area contributed by atoms with Crippen molar-refractivity contribution >= 4 is 34.7 Å². The van der Waals surface area contributed by atoms with E-state index >= 15 is 0 Å². The molecule has 332 valence electrons. The Hall–Kier alpha value is -6.42. The molecule has 6 rings (SSSR count). The molecule has 0 aromatic carbocycles. The number of aromatic nitrogens is 2. The fourth-order valence-corrected chi connectivity index (χ4v) is 7.69. The molecule has 2 amide bonds. The number of nitrogens with one attached hydrogen (secondary N) is 1. The standard InChI is InChI=1S/C54H65N8O2/c63-53(17-13-9-5-1-3-7-11-15-39-61-41-31-47(32-42-61)45-27-35-55-36-28-45)57-49-19-23-51(24-20-49)59-60-52-25-21-50(22-26-52)58-54(64)18-14-10-6-2-4-8-12-16-40-62-43-33-48(34-44-62)46-29-37-56-38-30-46/h19-38,41-44,55H,1-18,39-40H2/q+1. The molecule has 0 bridgehead atoms. The van der Waals surface area contributed by atoms with E-state index in [4.69, 9.17) is 0 Å². The number of dihydropyridines is 1. The van der Waals surface area contributed by atoms with Gasteiger partial charge >= 0.3 is 0 Å². The van der Waals surface area contributed by atoms with Gasteiger partial charge in [-0.1, -0.05) is 70.6 Å². The lowest BCUT2D eigenvalue weighted by Gasteiger charge is -2.19. The Kier molecular flexibility index (Phi) is 20.3. The van der Waals surface area contributed by atoms with E-state index in [2.05, 4.69) is 101 Å². The van der Waals surface area contributed by atoms with Crippen LogP contribution in [0.3, 0.4) is 0 Å². The molecule has 0 spiro atoms. The maximum atomic E-state index is 12.5. The Morgan fingerprint density at radius 3 is 1.42 bits per heavy atom. The van der Waals surface area contributed by atoms with Gasteiger partial charge in [-0.15, -0.1) is 0 Å². The molecule has 2 aromatic heterocycles. The van der Waals surface area contributed by atoms with E-state index in [0.29, 0.717) is 35.7 Å². The van der Waals surface area contributed by atoms with E-state index in [1.807, 2.05) is 61.2 Å². The summed E-state index contributed by atoms with van der Waals surface area (Å²) in [5, 5.41) is 11.7. The summed E-state index contributed by atoms with van der Waals surface area (Å²) in [5.74, 6) is -0.169. The minimum atomic E-state index is -0.0849. The fourth-order valence-electron chi connectivity index (χ4n) is 7.69. The van der Waals surface area contributed by atoms with Crippen LogP contribution < -0.4 is 9.88 Å². The molecule has 0 saturated heterocycles. The Morgan fingerprint density at radius 1 is 0.484 bits per heavy atom. The molecule has 64 heavy (non-hydrogen) atoms. The van der Waals surface area contributed by atoms with Crippen LogP contribution in [0, 0.1) is 0 Å². The summed E-state index contributed by atoms with van der Waals surface area (Å²) in [7, 11) is 0. The zero-order valence-electron chi connectivity index (χ0n) is 37.4. The van der Waals surface area contributed by atoms with E-state index in [1.54, 1.807) is 24.3 Å². The largest absolute Gasteiger partial charge is 0.368 e. The second-order valence-corrected chi connectivity index (χ2v) is 16.6. The van der Waals surface area contributed by atoms with E-state index in [-0.39, 0.29) is 11.8 Å². The molecule has 0 fully saturated rings. The molecule has 0 unspecified atom stereocenters. The first-order valence-electron chi connectivity index (χ1n) is 23.5. The molecule has 2 aliphatic heterocycles. The van der Waals surface area contributed by atoms with Gasteiger partial charge in [0.1, 0.15) is 6.54 Å². The molecule has 2 aromatic rings. The molecule has 0 radical (unpaired) electrons. The van der Waals surface area contributed by atoms with Crippen LogP contribution >= 0.6 is 0 Å². The van der Waals surface area contributed by atoms with Crippen LogP contribution in [0.5, 0.6) is 0 Å². The van der Waals surface area contributed by atoms with E-state index in [9.17, 15) is 9.59 Å². The molecule has 4 heterocycles. The second kappa shape index (κ2) is 27.6. The lowest BCUT2D eigenvalue weighted by atomic mass is 10.0. The van der Waals surface area contributed by atoms with E-state index in [0.717, 1.165) is 51.6 Å². The van der Waals surface area contributed by atoms with Crippen molar-refractivity contribution < 1.29 is 14.2 Å². The lowest BCUT2D eigenvalue weighted by Crippen LogP contribution is -2.32. The average Bonchev–Trinajstić information content (AvgIpc) is 3.34. The first-order valence-corrected chi connectivity index (χ1v) is 23.5. The maximum absolute atomic E-state index is 12.5. The van der Waals surface area contributed by atoms with Crippen LogP contribution in [0.1, 0.15) is 116 Å². The van der Waals surface area contributed by atoms with Gasteiger partial charge in [0.15, 0.2) is 12.4 Å². The van der Waals surface area contributed by atoms with Gasteiger partial charge in [0, 0.05) is 75.1 Å². The summed E-state index contributed by atoms with van der Waals surface area (Å²) in [6.45, 7) is 2.09. The van der Waals surface area contributed by atoms with Gasteiger partial charge in [0.05, 0.1) is 22.8 Å². The van der Waals surface area contributed by atoms with Crippen LogP contribution in [-0.4, -0.2) is 51.1 Å². The minimum Gasteiger partial charge on any atom is -0.368 e. The molecule has 0 atom stereocenters. The van der Waals surface area contributed by atoms with Gasteiger partial charge in [-0.05, 0) is 133 Å². The van der Waals surface area contributed by atoms with E-state index < -0.39 is 0 Å². The van der Waals surface area contributed by atoms with Crippen molar-refractivity contribution in [2.45, 2.75) is 122 Å². The highest BCUT2D eigenvalue weighted by atomic mass is 16.1. The first kappa shape index (κ1) is 47.1. The Bertz CT molecular complexity index is 2180. The minimum absolute atomic E-state index is 0.0840. The third-order valence-electron chi connectivity index (χ3n) is 11.4. The number of hydrogen-bond acceptors (Lipinski definition) is 7. The summed E-state index contributed by atoms with van der Waals surface area (Å²) < 4.78 is 2.26. The second-order valence-electron chi connectivity index (χ2n) is 16.6. The summed E-state index contributed by atoms with van der Waals surface area (Å²) in [4.78, 5) is 39.8. The van der Waals surface area contributed by atoms with Crippen molar-refractivity contribution in [3.8, 4) is 11.1 Å². The monoisotopic (exact) mass is 858 g/mol. The highest BCUT2D eigenvalue weighted by molar-refractivity contribution is 6.22. The van der Waals surface area contributed by atoms with Gasteiger partial charge in [-0.25, -0.2) is 14.6 Å². The lowest BCUT2D eigenvalue weighted by molar-refractivity contribution is -0.697. The molecular weight excluding hydrogens is 793 g/mol. The van der Waals surface area contributed by atoms with Crippen LogP contribution in [0.15, 0.2) is 178 Å².